The fraction of sp³-hybridized carbons (Fsp3) is 0.826. The van der Waals surface area contributed by atoms with Crippen LogP contribution in [0.4, 0.5) is 0 Å². The van der Waals surface area contributed by atoms with Gasteiger partial charge in [0.1, 0.15) is 11.9 Å². The molecule has 7 nitrogen and oxygen atoms in total. The van der Waals surface area contributed by atoms with Crippen LogP contribution in [0.1, 0.15) is 179 Å². The van der Waals surface area contributed by atoms with E-state index in [1.54, 1.807) is 0 Å². The summed E-state index contributed by atoms with van der Waals surface area (Å²) in [6.07, 6.45) is 6.04. The molecule has 0 spiro atoms. The topological polar surface area (TPSA) is 79.3 Å². The minimum Gasteiger partial charge on any atom is -0.507 e. The summed E-state index contributed by atoms with van der Waals surface area (Å²) >= 11 is 0. The summed E-state index contributed by atoms with van der Waals surface area (Å²) in [5, 5.41) is 11.3. The van der Waals surface area contributed by atoms with Gasteiger partial charge in [-0.05, 0) is 141 Å². The van der Waals surface area contributed by atoms with Gasteiger partial charge in [-0.3, -0.25) is 19.4 Å². The number of piperidine rings is 2. The van der Waals surface area contributed by atoms with E-state index in [2.05, 4.69) is 147 Å². The van der Waals surface area contributed by atoms with Crippen molar-refractivity contribution in [3.63, 3.8) is 0 Å². The minimum atomic E-state index is -1.40. The molecule has 2 fully saturated rings. The number of hydrogen-bond acceptors (Lipinski definition) is 7. The van der Waals surface area contributed by atoms with Crippen LogP contribution in [0.5, 0.6) is 5.75 Å². The second kappa shape index (κ2) is 15.8. The SMILES string of the molecule is CCCCC(C(=O)OCC(CC)Cc1cc(C(C)(C)C)c(O)c(C(C)(C)C)c1)(C(=O)OC1CC(C)(C)N(C)C(C)(C)C1)C1CC(C)(C)N(C)C(C)(C)C1. The molecule has 2 atom stereocenters. The molecule has 0 aliphatic carbocycles. The van der Waals surface area contributed by atoms with Crippen LogP contribution in [0.15, 0.2) is 12.1 Å². The van der Waals surface area contributed by atoms with Crippen LogP contribution in [0.25, 0.3) is 0 Å². The van der Waals surface area contributed by atoms with E-state index < -0.39 is 17.4 Å². The van der Waals surface area contributed by atoms with Gasteiger partial charge in [0.05, 0.1) is 6.61 Å². The molecule has 0 saturated carbocycles. The number of carbonyl (C=O) groups excluding carboxylic acids is 2. The van der Waals surface area contributed by atoms with Crippen LogP contribution in [0.3, 0.4) is 0 Å². The van der Waals surface area contributed by atoms with Crippen molar-refractivity contribution in [3.8, 4) is 5.75 Å². The Labute approximate surface area is 325 Å². The molecule has 2 aliphatic rings. The van der Waals surface area contributed by atoms with Gasteiger partial charge in [-0.1, -0.05) is 80.4 Å². The number of aromatic hydroxyl groups is 1. The third-order valence-corrected chi connectivity index (χ3v) is 13.5. The third-order valence-electron chi connectivity index (χ3n) is 13.5. The second-order valence-electron chi connectivity index (χ2n) is 21.6. The molecule has 0 bridgehead atoms. The Morgan fingerprint density at radius 3 is 1.60 bits per heavy atom. The molecule has 0 aromatic heterocycles. The van der Waals surface area contributed by atoms with Crippen molar-refractivity contribution < 1.29 is 24.2 Å². The maximum atomic E-state index is 15.1. The lowest BCUT2D eigenvalue weighted by atomic mass is 9.60. The number of esters is 2. The Hall–Kier alpha value is -2.12. The Morgan fingerprint density at radius 1 is 0.774 bits per heavy atom. The van der Waals surface area contributed by atoms with Crippen molar-refractivity contribution in [2.45, 2.75) is 208 Å². The summed E-state index contributed by atoms with van der Waals surface area (Å²) in [6, 6.07) is 4.26. The van der Waals surface area contributed by atoms with Gasteiger partial charge in [0.15, 0.2) is 5.41 Å². The average Bonchev–Trinajstić information content (AvgIpc) is 2.99. The molecule has 2 saturated heterocycles. The van der Waals surface area contributed by atoms with Crippen molar-refractivity contribution >= 4 is 11.9 Å². The average molecular weight is 741 g/mol. The lowest BCUT2D eigenvalue weighted by molar-refractivity contribution is -0.193. The first-order valence-electron chi connectivity index (χ1n) is 20.7. The number of phenols is 1. The zero-order valence-electron chi connectivity index (χ0n) is 37.4. The highest BCUT2D eigenvalue weighted by atomic mass is 16.6. The fourth-order valence-electron chi connectivity index (χ4n) is 9.55. The Balaban J connectivity index is 2.06. The molecule has 0 amide bonds. The van der Waals surface area contributed by atoms with Gasteiger partial charge in [-0.15, -0.1) is 0 Å². The minimum absolute atomic E-state index is 0.0462. The van der Waals surface area contributed by atoms with E-state index in [-0.39, 0.29) is 57.5 Å². The number of unbranched alkanes of at least 4 members (excludes halogenated alkanes) is 1. The molecule has 0 radical (unpaired) electrons. The standard InChI is InChI=1S/C46H80N2O5/c1-19-21-22-46(33-26-42(9,10)47(17)43(11,12)27-33,39(51)53-34-28-44(13,14)48(18)45(15,16)29-34)38(50)52-30-31(20-2)23-32-24-35(40(3,4)5)37(49)36(25-32)41(6,7)8/h24-25,31,33-34,49H,19-23,26-30H2,1-18H3. The summed E-state index contributed by atoms with van der Waals surface area (Å²) < 4.78 is 13.1. The predicted octanol–water partition coefficient (Wildman–Crippen LogP) is 10.4. The molecule has 53 heavy (non-hydrogen) atoms. The number of hydrogen-bond donors (Lipinski definition) is 1. The molecular weight excluding hydrogens is 661 g/mol. The van der Waals surface area contributed by atoms with E-state index in [1.807, 2.05) is 0 Å². The van der Waals surface area contributed by atoms with Crippen molar-refractivity contribution in [3.05, 3.63) is 28.8 Å². The van der Waals surface area contributed by atoms with Gasteiger partial charge in [0.25, 0.3) is 0 Å². The Kier molecular flexibility index (Phi) is 13.5. The Morgan fingerprint density at radius 2 is 1.21 bits per heavy atom. The predicted molar refractivity (Wildman–Crippen MR) is 220 cm³/mol. The van der Waals surface area contributed by atoms with Crippen LogP contribution < -0.4 is 0 Å². The highest BCUT2D eigenvalue weighted by Crippen LogP contribution is 2.51. The molecule has 304 valence electrons. The summed E-state index contributed by atoms with van der Waals surface area (Å²) in [7, 11) is 4.31. The van der Waals surface area contributed by atoms with E-state index in [1.165, 1.54) is 0 Å². The van der Waals surface area contributed by atoms with E-state index in [4.69, 9.17) is 9.47 Å². The van der Waals surface area contributed by atoms with Crippen LogP contribution in [0.2, 0.25) is 0 Å². The van der Waals surface area contributed by atoms with Crippen molar-refractivity contribution in [2.75, 3.05) is 20.7 Å². The molecule has 2 unspecified atom stereocenters. The largest absolute Gasteiger partial charge is 0.507 e. The zero-order chi connectivity index (χ0) is 40.8. The van der Waals surface area contributed by atoms with Crippen LogP contribution in [-0.4, -0.2) is 75.8 Å². The van der Waals surface area contributed by atoms with Gasteiger partial charge >= 0.3 is 11.9 Å². The van der Waals surface area contributed by atoms with Gasteiger partial charge in [0, 0.05) is 35.0 Å². The lowest BCUT2D eigenvalue weighted by Crippen LogP contribution is -2.64. The van der Waals surface area contributed by atoms with Crippen molar-refractivity contribution in [2.24, 2.45) is 17.3 Å². The molecule has 1 aromatic carbocycles. The number of carbonyl (C=O) groups is 2. The molecule has 7 heteroatoms. The highest BCUT2D eigenvalue weighted by Gasteiger charge is 2.60. The van der Waals surface area contributed by atoms with E-state index in [0.717, 1.165) is 36.0 Å². The molecule has 1 N–H and O–H groups in total. The first kappa shape index (κ1) is 45.3. The summed E-state index contributed by atoms with van der Waals surface area (Å²) in [5.41, 5.74) is 0.315. The molecule has 3 rings (SSSR count). The summed E-state index contributed by atoms with van der Waals surface area (Å²) in [5.74, 6) is -0.631. The van der Waals surface area contributed by atoms with Crippen LogP contribution >= 0.6 is 0 Å². The summed E-state index contributed by atoms with van der Waals surface area (Å²) in [6.45, 7) is 35.0. The maximum Gasteiger partial charge on any atom is 0.324 e. The van der Waals surface area contributed by atoms with Gasteiger partial charge in [-0.25, -0.2) is 0 Å². The molecular formula is C46H80N2O5. The number of phenolic OH excluding ortho intramolecular Hbond substituents is 1. The lowest BCUT2D eigenvalue weighted by Gasteiger charge is -2.57. The van der Waals surface area contributed by atoms with Crippen molar-refractivity contribution in [1.82, 2.24) is 9.80 Å². The first-order chi connectivity index (χ1) is 24.0. The molecule has 1 aromatic rings. The number of ether oxygens (including phenoxy) is 2. The van der Waals surface area contributed by atoms with E-state index in [0.29, 0.717) is 44.3 Å². The van der Waals surface area contributed by atoms with Gasteiger partial charge < -0.3 is 14.6 Å². The summed E-state index contributed by atoms with van der Waals surface area (Å²) in [4.78, 5) is 35.0. The smallest absolute Gasteiger partial charge is 0.324 e. The van der Waals surface area contributed by atoms with Gasteiger partial charge in [0.2, 0.25) is 0 Å². The normalized spacial score (nSPS) is 22.9. The van der Waals surface area contributed by atoms with Crippen molar-refractivity contribution in [1.29, 1.82) is 0 Å². The van der Waals surface area contributed by atoms with Crippen LogP contribution in [0, 0.1) is 17.3 Å². The van der Waals surface area contributed by atoms with Gasteiger partial charge in [-0.2, -0.15) is 0 Å². The third kappa shape index (κ3) is 9.83. The molecule has 2 aliphatic heterocycles. The number of nitrogens with zero attached hydrogens (tertiary/aromatic N) is 2. The highest BCUT2D eigenvalue weighted by molar-refractivity contribution is 6.00. The van der Waals surface area contributed by atoms with Crippen LogP contribution in [-0.2, 0) is 36.3 Å². The van der Waals surface area contributed by atoms with E-state index >= 15 is 9.59 Å². The maximum absolute atomic E-state index is 15.1. The monoisotopic (exact) mass is 741 g/mol. The Bertz CT molecular complexity index is 1370. The first-order valence-corrected chi connectivity index (χ1v) is 20.7. The fourth-order valence-corrected chi connectivity index (χ4v) is 9.55. The van der Waals surface area contributed by atoms with E-state index in [9.17, 15) is 5.11 Å². The number of likely N-dealkylation sites (tertiary alicyclic amines) is 2. The number of rotatable bonds is 12. The molecule has 2 heterocycles. The second-order valence-corrected chi connectivity index (χ2v) is 21.6. The quantitative estimate of drug-likeness (QED) is 0.169. The number of benzene rings is 1. The zero-order valence-corrected chi connectivity index (χ0v) is 37.4.